The van der Waals surface area contributed by atoms with Gasteiger partial charge in [-0.25, -0.2) is 0 Å². The van der Waals surface area contributed by atoms with Gasteiger partial charge < -0.3 is 9.47 Å². The van der Waals surface area contributed by atoms with Crippen molar-refractivity contribution in [1.29, 1.82) is 0 Å². The minimum absolute atomic E-state index is 0.0497. The third kappa shape index (κ3) is 3.07. The van der Waals surface area contributed by atoms with Gasteiger partial charge >= 0.3 is 0 Å². The van der Waals surface area contributed by atoms with E-state index < -0.39 is 0 Å². The average molecular weight is 222 g/mol. The number of hydrogen-bond acceptors (Lipinski definition) is 2. The van der Waals surface area contributed by atoms with Crippen LogP contribution in [0.1, 0.15) is 19.3 Å². The molecule has 0 amide bonds. The molecule has 1 heterocycles. The maximum Gasteiger partial charge on any atom is 0.119 e. The first kappa shape index (κ1) is 10.7. The minimum atomic E-state index is 0.0497. The molecule has 1 aliphatic rings. The van der Waals surface area contributed by atoms with Crippen molar-refractivity contribution in [2.45, 2.75) is 24.5 Å². The Hall–Kier alpha value is -0.803. The second-order valence-corrected chi connectivity index (χ2v) is 6.18. The predicted octanol–water partition coefficient (Wildman–Crippen LogP) is 1.33. The van der Waals surface area contributed by atoms with Crippen molar-refractivity contribution >= 4 is 10.2 Å². The van der Waals surface area contributed by atoms with Gasteiger partial charge in [0.15, 0.2) is 0 Å². The van der Waals surface area contributed by atoms with E-state index in [1.54, 1.807) is 0 Å². The van der Waals surface area contributed by atoms with Crippen LogP contribution in [0.4, 0.5) is 0 Å². The van der Waals surface area contributed by atoms with Gasteiger partial charge in [0, 0.05) is 16.8 Å². The van der Waals surface area contributed by atoms with Crippen molar-refractivity contribution in [2.75, 3.05) is 13.2 Å². The van der Waals surface area contributed by atoms with Gasteiger partial charge in [-0.05, 0) is 31.4 Å². The van der Waals surface area contributed by atoms with E-state index in [0.29, 0.717) is 6.61 Å². The Morgan fingerprint density at radius 3 is 2.73 bits per heavy atom. The molecule has 0 aromatic heterocycles. The number of para-hydroxylation sites is 1. The first-order valence-electron chi connectivity index (χ1n) is 5.60. The van der Waals surface area contributed by atoms with Gasteiger partial charge in [-0.2, -0.15) is 0 Å². The number of ether oxygens (including phenoxy) is 2. The fourth-order valence-electron chi connectivity index (χ4n) is 1.86. The highest BCUT2D eigenvalue weighted by molar-refractivity contribution is 6.14. The van der Waals surface area contributed by atoms with Crippen molar-refractivity contribution in [3.05, 3.63) is 30.3 Å². The summed E-state index contributed by atoms with van der Waals surface area (Å²) in [5.41, 5.74) is 0. The summed E-state index contributed by atoms with van der Waals surface area (Å²) in [4.78, 5) is 0. The fourth-order valence-corrected chi connectivity index (χ4v) is 2.56. The fraction of sp³-hybridized carbons (Fsp3) is 0.500. The van der Waals surface area contributed by atoms with Crippen LogP contribution in [0.3, 0.4) is 0 Å². The summed E-state index contributed by atoms with van der Waals surface area (Å²) < 4.78 is 11.6. The molecule has 3 heteroatoms. The minimum Gasteiger partial charge on any atom is -0.491 e. The summed E-state index contributed by atoms with van der Waals surface area (Å²) in [5, 5.41) is 0.0497. The van der Waals surface area contributed by atoms with Crippen LogP contribution in [0.15, 0.2) is 30.3 Å². The Labute approximate surface area is 94.0 Å². The molecule has 2 rings (SSSR count). The molecule has 0 bridgehead atoms. The van der Waals surface area contributed by atoms with Crippen molar-refractivity contribution in [3.8, 4) is 5.75 Å². The molecule has 2 nitrogen and oxygen atoms in total. The third-order valence-electron chi connectivity index (χ3n) is 2.84. The Bertz CT molecular complexity index is 294. The number of hydrogen-bond donors (Lipinski definition) is 0. The maximum atomic E-state index is 5.82. The lowest BCUT2D eigenvalue weighted by molar-refractivity contribution is -0.0435. The summed E-state index contributed by atoms with van der Waals surface area (Å²) in [6.45, 7) is 1.62. The smallest absolute Gasteiger partial charge is 0.119 e. The molecule has 82 valence electrons. The van der Waals surface area contributed by atoms with Gasteiger partial charge in [0.2, 0.25) is 0 Å². The van der Waals surface area contributed by atoms with Gasteiger partial charge in [-0.15, -0.1) is 0 Å². The summed E-state index contributed by atoms with van der Waals surface area (Å²) >= 11 is 0. The van der Waals surface area contributed by atoms with Crippen LogP contribution in [-0.2, 0) is 4.74 Å². The molecule has 1 aliphatic heterocycles. The predicted molar refractivity (Wildman–Crippen MR) is 64.4 cm³/mol. The van der Waals surface area contributed by atoms with E-state index in [1.165, 1.54) is 12.8 Å². The van der Waals surface area contributed by atoms with E-state index in [9.17, 15) is 0 Å². The van der Waals surface area contributed by atoms with E-state index in [4.69, 9.17) is 9.47 Å². The molecule has 1 atom stereocenters. The lowest BCUT2D eigenvalue weighted by Crippen LogP contribution is -2.42. The zero-order chi connectivity index (χ0) is 10.6. The summed E-state index contributed by atoms with van der Waals surface area (Å²) in [7, 11) is 1.04. The van der Waals surface area contributed by atoms with Gasteiger partial charge in [-0.3, -0.25) is 0 Å². The summed E-state index contributed by atoms with van der Waals surface area (Å²) in [6, 6.07) is 9.98. The van der Waals surface area contributed by atoms with Crippen LogP contribution < -0.4 is 4.74 Å². The molecular weight excluding hydrogens is 204 g/mol. The molecule has 1 aromatic rings. The SMILES string of the molecule is [SiH3]C1(COc2ccccc2)CCCCO1. The monoisotopic (exact) mass is 222 g/mol. The van der Waals surface area contributed by atoms with E-state index in [2.05, 4.69) is 0 Å². The van der Waals surface area contributed by atoms with Gasteiger partial charge in [0.25, 0.3) is 0 Å². The van der Waals surface area contributed by atoms with Crippen molar-refractivity contribution in [1.82, 2.24) is 0 Å². The van der Waals surface area contributed by atoms with Crippen LogP contribution in [0.25, 0.3) is 0 Å². The molecule has 0 aliphatic carbocycles. The van der Waals surface area contributed by atoms with Crippen LogP contribution >= 0.6 is 0 Å². The molecule has 1 fully saturated rings. The molecule has 1 unspecified atom stereocenters. The molecule has 0 saturated carbocycles. The lowest BCUT2D eigenvalue weighted by atomic mass is 10.1. The van der Waals surface area contributed by atoms with Crippen LogP contribution in [-0.4, -0.2) is 28.7 Å². The van der Waals surface area contributed by atoms with E-state index in [-0.39, 0.29) is 5.22 Å². The highest BCUT2D eigenvalue weighted by Crippen LogP contribution is 2.22. The highest BCUT2D eigenvalue weighted by Gasteiger charge is 2.28. The maximum absolute atomic E-state index is 5.82. The van der Waals surface area contributed by atoms with Crippen molar-refractivity contribution < 1.29 is 9.47 Å². The van der Waals surface area contributed by atoms with E-state index in [1.807, 2.05) is 30.3 Å². The van der Waals surface area contributed by atoms with Gasteiger partial charge in [0.1, 0.15) is 12.4 Å². The molecule has 1 saturated heterocycles. The van der Waals surface area contributed by atoms with Crippen molar-refractivity contribution in [2.24, 2.45) is 0 Å². The third-order valence-corrected chi connectivity index (χ3v) is 3.92. The Kier molecular flexibility index (Phi) is 3.44. The topological polar surface area (TPSA) is 18.5 Å². The second-order valence-electron chi connectivity index (χ2n) is 4.36. The lowest BCUT2D eigenvalue weighted by Gasteiger charge is -2.33. The molecule has 0 spiro atoms. The van der Waals surface area contributed by atoms with Crippen LogP contribution in [0.2, 0.25) is 0 Å². The highest BCUT2D eigenvalue weighted by atomic mass is 28.1. The summed E-state index contributed by atoms with van der Waals surface area (Å²) in [6.07, 6.45) is 3.64. The molecule has 0 N–H and O–H groups in total. The standard InChI is InChI=1S/C12H18O2Si/c15-12(8-4-5-9-14-12)10-13-11-6-2-1-3-7-11/h1-3,6-7H,4-5,8-10H2,15H3. The van der Waals surface area contributed by atoms with Gasteiger partial charge in [0.05, 0.1) is 5.22 Å². The average Bonchev–Trinajstić information content (AvgIpc) is 2.29. The quantitative estimate of drug-likeness (QED) is 0.718. The first-order chi connectivity index (χ1) is 7.29. The zero-order valence-electron chi connectivity index (χ0n) is 9.24. The largest absolute Gasteiger partial charge is 0.491 e. The second kappa shape index (κ2) is 4.81. The molecule has 0 radical (unpaired) electrons. The molecular formula is C12H18O2Si. The van der Waals surface area contributed by atoms with Crippen molar-refractivity contribution in [3.63, 3.8) is 0 Å². The zero-order valence-corrected chi connectivity index (χ0v) is 11.2. The Morgan fingerprint density at radius 1 is 1.27 bits per heavy atom. The van der Waals surface area contributed by atoms with E-state index >= 15 is 0 Å². The first-order valence-corrected chi connectivity index (χ1v) is 6.60. The summed E-state index contributed by atoms with van der Waals surface area (Å²) in [5.74, 6) is 0.946. The normalized spacial score (nSPS) is 26.4. The number of rotatable bonds is 3. The Balaban J connectivity index is 1.87. The van der Waals surface area contributed by atoms with Gasteiger partial charge in [-0.1, -0.05) is 18.2 Å². The molecule has 1 aromatic carbocycles. The molecule has 15 heavy (non-hydrogen) atoms. The Morgan fingerprint density at radius 2 is 2.07 bits per heavy atom. The number of benzene rings is 1. The van der Waals surface area contributed by atoms with Crippen LogP contribution in [0, 0.1) is 0 Å². The van der Waals surface area contributed by atoms with Crippen LogP contribution in [0.5, 0.6) is 5.75 Å². The van der Waals surface area contributed by atoms with E-state index in [0.717, 1.165) is 29.0 Å².